The van der Waals surface area contributed by atoms with E-state index in [1.165, 1.54) is 45.3 Å². The fourth-order valence-electron chi connectivity index (χ4n) is 3.10. The number of rotatable bonds is 11. The molecule has 2 aliphatic rings. The van der Waals surface area contributed by atoms with Crippen LogP contribution in [0.1, 0.15) is 58.8 Å². The van der Waals surface area contributed by atoms with E-state index in [4.69, 9.17) is 0 Å². The number of hydrogen-bond acceptors (Lipinski definition) is 3. The third-order valence-electron chi connectivity index (χ3n) is 4.84. The number of nitrogens with one attached hydrogen (secondary N) is 1. The molecule has 114 valence electrons. The van der Waals surface area contributed by atoms with Gasteiger partial charge in [0.05, 0.1) is 6.07 Å². The molecule has 2 rings (SSSR count). The topological polar surface area (TPSA) is 39.1 Å². The van der Waals surface area contributed by atoms with Crippen molar-refractivity contribution in [3.8, 4) is 6.07 Å². The Balaban J connectivity index is 1.73. The summed E-state index contributed by atoms with van der Waals surface area (Å²) in [4.78, 5) is 2.68. The van der Waals surface area contributed by atoms with Crippen molar-refractivity contribution in [3.63, 3.8) is 0 Å². The van der Waals surface area contributed by atoms with Gasteiger partial charge in [-0.3, -0.25) is 5.32 Å². The zero-order chi connectivity index (χ0) is 14.4. The van der Waals surface area contributed by atoms with Gasteiger partial charge in [0.25, 0.3) is 0 Å². The summed E-state index contributed by atoms with van der Waals surface area (Å²) in [6.45, 7) is 8.90. The Morgan fingerprint density at radius 1 is 1.15 bits per heavy atom. The average Bonchev–Trinajstić information content (AvgIpc) is 3.34. The molecule has 2 aliphatic carbocycles. The van der Waals surface area contributed by atoms with E-state index in [-0.39, 0.29) is 5.54 Å². The highest BCUT2D eigenvalue weighted by molar-refractivity contribution is 5.06. The summed E-state index contributed by atoms with van der Waals surface area (Å²) in [5.74, 6) is 1.96. The van der Waals surface area contributed by atoms with Gasteiger partial charge in [-0.25, -0.2) is 0 Å². The van der Waals surface area contributed by atoms with E-state index in [1.807, 2.05) is 0 Å². The molecule has 0 amide bonds. The molecule has 0 radical (unpaired) electrons. The Hall–Kier alpha value is -0.590. The van der Waals surface area contributed by atoms with Gasteiger partial charge in [0.2, 0.25) is 0 Å². The summed E-state index contributed by atoms with van der Waals surface area (Å²) in [5.41, 5.74) is -0.292. The summed E-state index contributed by atoms with van der Waals surface area (Å²) in [6.07, 6.45) is 8.80. The highest BCUT2D eigenvalue weighted by atomic mass is 15.1. The molecule has 0 spiro atoms. The number of nitriles is 1. The van der Waals surface area contributed by atoms with Crippen molar-refractivity contribution in [3.05, 3.63) is 0 Å². The van der Waals surface area contributed by atoms with E-state index in [0.717, 1.165) is 37.6 Å². The number of hydrogen-bond donors (Lipinski definition) is 1. The maximum Gasteiger partial charge on any atom is 0.106 e. The van der Waals surface area contributed by atoms with Crippen LogP contribution in [0.2, 0.25) is 0 Å². The minimum absolute atomic E-state index is 0.292. The first kappa shape index (κ1) is 15.8. The second-order valence-electron chi connectivity index (χ2n) is 6.83. The van der Waals surface area contributed by atoms with Crippen molar-refractivity contribution in [2.24, 2.45) is 11.8 Å². The lowest BCUT2D eigenvalue weighted by molar-refractivity contribution is 0.236. The van der Waals surface area contributed by atoms with E-state index >= 15 is 0 Å². The molecule has 0 saturated heterocycles. The molecule has 2 saturated carbocycles. The van der Waals surface area contributed by atoms with Gasteiger partial charge < -0.3 is 4.90 Å². The molecule has 0 aromatic rings. The molecule has 3 heteroatoms. The zero-order valence-electron chi connectivity index (χ0n) is 13.3. The first-order chi connectivity index (χ1) is 9.71. The van der Waals surface area contributed by atoms with Crippen LogP contribution in [0.15, 0.2) is 0 Å². The quantitative estimate of drug-likeness (QED) is 0.630. The molecule has 0 aromatic carbocycles. The standard InChI is InChI=1S/C17H31N3/c1-3-17(14-18,19-4-2)10-5-11-20(12-15-6-7-15)13-16-8-9-16/h15-16,19H,3-13H2,1-2H3. The molecule has 0 aromatic heterocycles. The monoisotopic (exact) mass is 277 g/mol. The van der Waals surface area contributed by atoms with Gasteiger partial charge in [-0.1, -0.05) is 13.8 Å². The largest absolute Gasteiger partial charge is 0.303 e. The summed E-state index contributed by atoms with van der Waals surface area (Å²) >= 11 is 0. The molecule has 3 nitrogen and oxygen atoms in total. The summed E-state index contributed by atoms with van der Waals surface area (Å²) in [7, 11) is 0. The predicted molar refractivity (Wildman–Crippen MR) is 83.4 cm³/mol. The van der Waals surface area contributed by atoms with Crippen molar-refractivity contribution in [1.29, 1.82) is 5.26 Å². The lowest BCUT2D eigenvalue weighted by Gasteiger charge is -2.28. The smallest absolute Gasteiger partial charge is 0.106 e. The van der Waals surface area contributed by atoms with Crippen LogP contribution in [-0.4, -0.2) is 36.6 Å². The van der Waals surface area contributed by atoms with E-state index < -0.39 is 0 Å². The molecular formula is C17H31N3. The normalized spacial score (nSPS) is 21.7. The predicted octanol–water partition coefficient (Wildman–Crippen LogP) is 3.17. The first-order valence-corrected chi connectivity index (χ1v) is 8.60. The van der Waals surface area contributed by atoms with Crippen LogP contribution in [0.5, 0.6) is 0 Å². The molecule has 1 atom stereocenters. The van der Waals surface area contributed by atoms with Crippen LogP contribution in [0.25, 0.3) is 0 Å². The summed E-state index contributed by atoms with van der Waals surface area (Å²) in [6, 6.07) is 2.52. The maximum absolute atomic E-state index is 9.46. The Bertz CT molecular complexity index is 314. The van der Waals surface area contributed by atoms with E-state index in [9.17, 15) is 5.26 Å². The van der Waals surface area contributed by atoms with Crippen molar-refractivity contribution in [2.45, 2.75) is 64.3 Å². The van der Waals surface area contributed by atoms with E-state index in [0.29, 0.717) is 0 Å². The summed E-state index contributed by atoms with van der Waals surface area (Å²) in [5, 5.41) is 12.9. The van der Waals surface area contributed by atoms with Gasteiger partial charge >= 0.3 is 0 Å². The highest BCUT2D eigenvalue weighted by Crippen LogP contribution is 2.34. The van der Waals surface area contributed by atoms with Crippen LogP contribution in [0.3, 0.4) is 0 Å². The van der Waals surface area contributed by atoms with Crippen LogP contribution < -0.4 is 5.32 Å². The van der Waals surface area contributed by atoms with Crippen LogP contribution in [0.4, 0.5) is 0 Å². The molecule has 0 heterocycles. The van der Waals surface area contributed by atoms with Crippen molar-refractivity contribution in [2.75, 3.05) is 26.2 Å². The molecule has 1 N–H and O–H groups in total. The van der Waals surface area contributed by atoms with Gasteiger partial charge in [-0.2, -0.15) is 5.26 Å². The SMILES string of the molecule is CCNC(C#N)(CC)CCCN(CC1CC1)CC1CC1. The minimum Gasteiger partial charge on any atom is -0.303 e. The second-order valence-corrected chi connectivity index (χ2v) is 6.83. The Morgan fingerprint density at radius 2 is 1.75 bits per heavy atom. The average molecular weight is 277 g/mol. The van der Waals surface area contributed by atoms with Crippen molar-refractivity contribution >= 4 is 0 Å². The highest BCUT2D eigenvalue weighted by Gasteiger charge is 2.30. The summed E-state index contributed by atoms with van der Waals surface area (Å²) < 4.78 is 0. The third-order valence-corrected chi connectivity index (χ3v) is 4.84. The molecule has 2 fully saturated rings. The maximum atomic E-state index is 9.46. The fourth-order valence-corrected chi connectivity index (χ4v) is 3.10. The Labute approximate surface area is 124 Å². The molecule has 0 bridgehead atoms. The third kappa shape index (κ3) is 5.07. The van der Waals surface area contributed by atoms with Crippen LogP contribution in [0, 0.1) is 23.2 Å². The van der Waals surface area contributed by atoms with Gasteiger partial charge in [0.15, 0.2) is 0 Å². The zero-order valence-corrected chi connectivity index (χ0v) is 13.3. The van der Waals surface area contributed by atoms with E-state index in [1.54, 1.807) is 0 Å². The van der Waals surface area contributed by atoms with E-state index in [2.05, 4.69) is 30.1 Å². The Kier molecular flexibility index (Phi) is 5.86. The van der Waals surface area contributed by atoms with Gasteiger partial charge in [0, 0.05) is 13.1 Å². The van der Waals surface area contributed by atoms with Gasteiger partial charge in [-0.05, 0) is 69.9 Å². The Morgan fingerprint density at radius 3 is 2.15 bits per heavy atom. The lowest BCUT2D eigenvalue weighted by Crippen LogP contribution is -2.44. The van der Waals surface area contributed by atoms with Gasteiger partial charge in [-0.15, -0.1) is 0 Å². The lowest BCUT2D eigenvalue weighted by atomic mass is 9.92. The molecule has 1 unspecified atom stereocenters. The molecule has 20 heavy (non-hydrogen) atoms. The van der Waals surface area contributed by atoms with Crippen LogP contribution >= 0.6 is 0 Å². The fraction of sp³-hybridized carbons (Fsp3) is 0.941. The minimum atomic E-state index is -0.292. The molecule has 0 aliphatic heterocycles. The van der Waals surface area contributed by atoms with Gasteiger partial charge in [0.1, 0.15) is 5.54 Å². The number of nitrogens with zero attached hydrogens (tertiary/aromatic N) is 2. The van der Waals surface area contributed by atoms with Crippen LogP contribution in [-0.2, 0) is 0 Å². The van der Waals surface area contributed by atoms with Crippen molar-refractivity contribution < 1.29 is 0 Å². The first-order valence-electron chi connectivity index (χ1n) is 8.60. The molecular weight excluding hydrogens is 246 g/mol. The second kappa shape index (κ2) is 7.43. The van der Waals surface area contributed by atoms with Crippen molar-refractivity contribution in [1.82, 2.24) is 10.2 Å².